The molecule has 5 nitrogen and oxygen atoms in total. The van der Waals surface area contributed by atoms with Crippen LogP contribution in [0.5, 0.6) is 0 Å². The summed E-state index contributed by atoms with van der Waals surface area (Å²) in [6.07, 6.45) is 0. The number of hydrogen-bond acceptors (Lipinski definition) is 4. The molecule has 0 aliphatic carbocycles. The molecular formula is C22H13Cl2FN4OS. The number of fused-ring (bicyclic) bond motifs is 2. The minimum atomic E-state index is -0.330. The summed E-state index contributed by atoms with van der Waals surface area (Å²) >= 11 is 13.8. The number of aryl methyl sites for hydroxylation is 1. The Kier molecular flexibility index (Phi) is 4.89. The molecule has 0 fully saturated rings. The van der Waals surface area contributed by atoms with Crippen LogP contribution in [0.3, 0.4) is 0 Å². The van der Waals surface area contributed by atoms with E-state index in [1.54, 1.807) is 36.4 Å². The van der Waals surface area contributed by atoms with Crippen LogP contribution < -0.4 is 5.32 Å². The normalized spacial score (nSPS) is 11.4. The summed E-state index contributed by atoms with van der Waals surface area (Å²) in [4.78, 5) is 14.8. The van der Waals surface area contributed by atoms with Crippen LogP contribution >= 0.6 is 34.5 Å². The van der Waals surface area contributed by atoms with Crippen molar-refractivity contribution in [1.82, 2.24) is 15.0 Å². The van der Waals surface area contributed by atoms with E-state index in [1.807, 2.05) is 13.0 Å². The van der Waals surface area contributed by atoms with Gasteiger partial charge < -0.3 is 5.32 Å². The molecule has 0 atom stereocenters. The Labute approximate surface area is 190 Å². The average molecular weight is 471 g/mol. The van der Waals surface area contributed by atoms with E-state index in [1.165, 1.54) is 28.3 Å². The third-order valence-corrected chi connectivity index (χ3v) is 6.72. The first-order valence-corrected chi connectivity index (χ1v) is 10.8. The predicted molar refractivity (Wildman–Crippen MR) is 123 cm³/mol. The number of anilines is 1. The number of hydrogen-bond donors (Lipinski definition) is 1. The van der Waals surface area contributed by atoms with Crippen LogP contribution in [0.2, 0.25) is 10.0 Å². The fourth-order valence-electron chi connectivity index (χ4n) is 3.26. The monoisotopic (exact) mass is 470 g/mol. The highest BCUT2D eigenvalue weighted by Gasteiger charge is 2.19. The number of carbonyl (C=O) groups is 1. The molecule has 1 N–H and O–H groups in total. The zero-order valence-corrected chi connectivity index (χ0v) is 18.3. The molecule has 5 rings (SSSR count). The van der Waals surface area contributed by atoms with Crippen molar-refractivity contribution < 1.29 is 9.18 Å². The minimum absolute atomic E-state index is 0.310. The van der Waals surface area contributed by atoms with E-state index in [2.05, 4.69) is 15.5 Å². The molecule has 9 heteroatoms. The summed E-state index contributed by atoms with van der Waals surface area (Å²) in [5.74, 6) is -0.640. The maximum atomic E-state index is 13.2. The molecule has 0 unspecified atom stereocenters. The molecule has 3 aromatic carbocycles. The zero-order valence-electron chi connectivity index (χ0n) is 16.0. The molecule has 0 spiro atoms. The molecule has 154 valence electrons. The molecule has 0 aliphatic heterocycles. The summed E-state index contributed by atoms with van der Waals surface area (Å²) in [5.41, 5.74) is 3.33. The zero-order chi connectivity index (χ0) is 21.7. The number of rotatable bonds is 3. The SMILES string of the molecule is Cc1cc2nn(-c3ccc(F)cc3)nc2cc1NC(=O)c1sc2cc(Cl)ccc2c1Cl. The molecule has 0 bridgehead atoms. The Balaban J connectivity index is 1.49. The lowest BCUT2D eigenvalue weighted by molar-refractivity contribution is 0.103. The molecule has 31 heavy (non-hydrogen) atoms. The summed E-state index contributed by atoms with van der Waals surface area (Å²) in [6.45, 7) is 1.87. The molecule has 5 aromatic rings. The molecular weight excluding hydrogens is 458 g/mol. The van der Waals surface area contributed by atoms with Crippen molar-refractivity contribution in [3.8, 4) is 5.69 Å². The predicted octanol–water partition coefficient (Wildman–Crippen LogP) is 6.64. The van der Waals surface area contributed by atoms with E-state index < -0.39 is 0 Å². The Bertz CT molecular complexity index is 1480. The summed E-state index contributed by atoms with van der Waals surface area (Å²) in [6, 6.07) is 14.8. The Morgan fingerprint density at radius 2 is 1.74 bits per heavy atom. The lowest BCUT2D eigenvalue weighted by Gasteiger charge is -2.07. The molecule has 0 saturated heterocycles. The van der Waals surface area contributed by atoms with Crippen LogP contribution in [0.15, 0.2) is 54.6 Å². The summed E-state index contributed by atoms with van der Waals surface area (Å²) < 4.78 is 14.0. The van der Waals surface area contributed by atoms with Crippen molar-refractivity contribution in [3.63, 3.8) is 0 Å². The first-order chi connectivity index (χ1) is 14.9. The third kappa shape index (κ3) is 3.65. The van der Waals surface area contributed by atoms with Crippen molar-refractivity contribution >= 4 is 67.3 Å². The Hall–Kier alpha value is -3.00. The van der Waals surface area contributed by atoms with E-state index >= 15 is 0 Å². The molecule has 0 saturated carbocycles. The van der Waals surface area contributed by atoms with Crippen molar-refractivity contribution in [3.05, 3.63) is 80.9 Å². The van der Waals surface area contributed by atoms with Crippen LogP contribution in [-0.2, 0) is 0 Å². The Morgan fingerprint density at radius 1 is 1.03 bits per heavy atom. The number of amides is 1. The highest BCUT2D eigenvalue weighted by Crippen LogP contribution is 2.37. The number of benzene rings is 3. The van der Waals surface area contributed by atoms with E-state index in [4.69, 9.17) is 23.2 Å². The molecule has 2 aromatic heterocycles. The highest BCUT2D eigenvalue weighted by molar-refractivity contribution is 7.21. The van der Waals surface area contributed by atoms with Gasteiger partial charge in [-0.3, -0.25) is 4.79 Å². The minimum Gasteiger partial charge on any atom is -0.321 e. The first kappa shape index (κ1) is 19.9. The first-order valence-electron chi connectivity index (χ1n) is 9.21. The van der Waals surface area contributed by atoms with E-state index in [0.29, 0.717) is 37.3 Å². The fraction of sp³-hybridized carbons (Fsp3) is 0.0455. The number of carbonyl (C=O) groups excluding carboxylic acids is 1. The van der Waals surface area contributed by atoms with Crippen molar-refractivity contribution in [2.24, 2.45) is 0 Å². The van der Waals surface area contributed by atoms with E-state index in [0.717, 1.165) is 15.6 Å². The highest BCUT2D eigenvalue weighted by atomic mass is 35.5. The largest absolute Gasteiger partial charge is 0.321 e. The van der Waals surface area contributed by atoms with Gasteiger partial charge in [-0.1, -0.05) is 29.3 Å². The lowest BCUT2D eigenvalue weighted by Crippen LogP contribution is -2.11. The van der Waals surface area contributed by atoms with Gasteiger partial charge in [0.05, 0.1) is 10.7 Å². The smallest absolute Gasteiger partial charge is 0.267 e. The number of aromatic nitrogens is 3. The van der Waals surface area contributed by atoms with Crippen LogP contribution in [-0.4, -0.2) is 20.9 Å². The molecule has 0 radical (unpaired) electrons. The average Bonchev–Trinajstić information content (AvgIpc) is 3.29. The number of halogens is 3. The van der Waals surface area contributed by atoms with Crippen molar-refractivity contribution in [2.75, 3.05) is 5.32 Å². The molecule has 2 heterocycles. The standard InChI is InChI=1S/C22H13Cl2FN4OS/c1-11-8-17-18(28-29(27-17)14-5-3-13(25)4-6-14)10-16(11)26-22(30)21-20(24)15-7-2-12(23)9-19(15)31-21/h2-10H,1H3,(H,26,30). The second kappa shape index (κ2) is 7.60. The van der Waals surface area contributed by atoms with Crippen molar-refractivity contribution in [1.29, 1.82) is 0 Å². The maximum absolute atomic E-state index is 13.2. The molecule has 0 aliphatic rings. The van der Waals surface area contributed by atoms with E-state index in [9.17, 15) is 9.18 Å². The number of nitrogens with one attached hydrogen (secondary N) is 1. The van der Waals surface area contributed by atoms with Gasteiger partial charge in [0.1, 0.15) is 21.7 Å². The summed E-state index contributed by atoms with van der Waals surface area (Å²) in [5, 5.41) is 13.6. The second-order valence-corrected chi connectivity index (χ2v) is 8.83. The van der Waals surface area contributed by atoms with Gasteiger partial charge in [-0.2, -0.15) is 4.80 Å². The van der Waals surface area contributed by atoms with Gasteiger partial charge in [-0.15, -0.1) is 21.5 Å². The number of nitrogens with zero attached hydrogens (tertiary/aromatic N) is 3. The van der Waals surface area contributed by atoms with Crippen LogP contribution in [0, 0.1) is 12.7 Å². The van der Waals surface area contributed by atoms with Gasteiger partial charge in [0.15, 0.2) is 0 Å². The second-order valence-electron chi connectivity index (χ2n) is 6.96. The quantitative estimate of drug-likeness (QED) is 0.321. The van der Waals surface area contributed by atoms with Gasteiger partial charge in [-0.25, -0.2) is 4.39 Å². The van der Waals surface area contributed by atoms with Gasteiger partial charge in [-0.05, 0) is 61.0 Å². The Morgan fingerprint density at radius 3 is 2.48 bits per heavy atom. The van der Waals surface area contributed by atoms with Crippen LogP contribution in [0.1, 0.15) is 15.2 Å². The maximum Gasteiger partial charge on any atom is 0.267 e. The fourth-order valence-corrected chi connectivity index (χ4v) is 4.94. The lowest BCUT2D eigenvalue weighted by atomic mass is 10.1. The van der Waals surface area contributed by atoms with Gasteiger partial charge >= 0.3 is 0 Å². The summed E-state index contributed by atoms with van der Waals surface area (Å²) in [7, 11) is 0. The van der Waals surface area contributed by atoms with Crippen LogP contribution in [0.4, 0.5) is 10.1 Å². The topological polar surface area (TPSA) is 59.8 Å². The van der Waals surface area contributed by atoms with Crippen LogP contribution in [0.25, 0.3) is 26.8 Å². The number of thiophene rings is 1. The van der Waals surface area contributed by atoms with Gasteiger partial charge in [0.25, 0.3) is 5.91 Å². The van der Waals surface area contributed by atoms with E-state index in [-0.39, 0.29) is 11.7 Å². The molecule has 1 amide bonds. The third-order valence-electron chi connectivity index (χ3n) is 4.83. The van der Waals surface area contributed by atoms with Gasteiger partial charge in [0, 0.05) is 20.8 Å². The van der Waals surface area contributed by atoms with Gasteiger partial charge in [0.2, 0.25) is 0 Å². The van der Waals surface area contributed by atoms with Crippen molar-refractivity contribution in [2.45, 2.75) is 6.92 Å².